The van der Waals surface area contributed by atoms with Crippen molar-refractivity contribution in [1.82, 2.24) is 4.90 Å². The van der Waals surface area contributed by atoms with E-state index < -0.39 is 23.4 Å². The third-order valence-electron chi connectivity index (χ3n) is 3.22. The molecular weight excluding hydrogens is 259 g/mol. The first-order valence-corrected chi connectivity index (χ1v) is 5.39. The van der Waals surface area contributed by atoms with Crippen molar-refractivity contribution in [2.75, 3.05) is 13.1 Å². The molecular formula is C10H15F5N2O. The average Bonchev–Trinajstić information content (AvgIpc) is 2.19. The third-order valence-corrected chi connectivity index (χ3v) is 3.22. The minimum Gasteiger partial charge on any atom is -0.337 e. The van der Waals surface area contributed by atoms with Gasteiger partial charge >= 0.3 is 18.0 Å². The van der Waals surface area contributed by atoms with Crippen molar-refractivity contribution in [3.05, 3.63) is 0 Å². The monoisotopic (exact) mass is 274 g/mol. The highest BCUT2D eigenvalue weighted by atomic mass is 19.4. The number of hydrogen-bond donors (Lipinski definition) is 1. The van der Waals surface area contributed by atoms with Crippen LogP contribution in [0.3, 0.4) is 0 Å². The van der Waals surface area contributed by atoms with Gasteiger partial charge in [0.05, 0.1) is 0 Å². The predicted octanol–water partition coefficient (Wildman–Crippen LogP) is 1.77. The van der Waals surface area contributed by atoms with Gasteiger partial charge < -0.3 is 10.6 Å². The first-order valence-electron chi connectivity index (χ1n) is 5.39. The van der Waals surface area contributed by atoms with Gasteiger partial charge in [-0.1, -0.05) is 13.8 Å². The molecule has 1 aliphatic heterocycles. The smallest absolute Gasteiger partial charge is 0.337 e. The number of carbonyl (C=O) groups is 1. The largest absolute Gasteiger partial charge is 0.463 e. The Kier molecular flexibility index (Phi) is 3.64. The Morgan fingerprint density at radius 3 is 2.17 bits per heavy atom. The Labute approximate surface area is 101 Å². The lowest BCUT2D eigenvalue weighted by Crippen LogP contribution is -2.59. The van der Waals surface area contributed by atoms with Gasteiger partial charge in [0.1, 0.15) is 0 Å². The van der Waals surface area contributed by atoms with Crippen LogP contribution >= 0.6 is 0 Å². The van der Waals surface area contributed by atoms with E-state index in [0.717, 1.165) is 0 Å². The van der Waals surface area contributed by atoms with Crippen LogP contribution in [0.4, 0.5) is 22.0 Å². The van der Waals surface area contributed by atoms with Crippen LogP contribution in [-0.4, -0.2) is 42.0 Å². The van der Waals surface area contributed by atoms with Gasteiger partial charge in [0, 0.05) is 19.1 Å². The molecule has 0 aromatic heterocycles. The number of nitrogens with two attached hydrogens (primary N) is 1. The molecule has 3 nitrogen and oxygen atoms in total. The zero-order valence-electron chi connectivity index (χ0n) is 10.0. The molecule has 1 heterocycles. The summed E-state index contributed by atoms with van der Waals surface area (Å²) in [6.45, 7) is 2.86. The topological polar surface area (TPSA) is 46.3 Å². The SMILES string of the molecule is CC1(C)CN(C(=O)C(F)(F)C(F)(F)F)CCC1N. The van der Waals surface area contributed by atoms with Crippen molar-refractivity contribution in [3.63, 3.8) is 0 Å². The third kappa shape index (κ3) is 2.57. The number of halogens is 5. The van der Waals surface area contributed by atoms with E-state index in [2.05, 4.69) is 0 Å². The quantitative estimate of drug-likeness (QED) is 0.741. The molecule has 1 aliphatic rings. The van der Waals surface area contributed by atoms with E-state index in [1.165, 1.54) is 0 Å². The maximum Gasteiger partial charge on any atom is 0.463 e. The van der Waals surface area contributed by atoms with Gasteiger partial charge in [-0.15, -0.1) is 0 Å². The Hall–Kier alpha value is -0.920. The molecule has 106 valence electrons. The fraction of sp³-hybridized carbons (Fsp3) is 0.900. The summed E-state index contributed by atoms with van der Waals surface area (Å²) in [6.07, 6.45) is -5.67. The van der Waals surface area contributed by atoms with Crippen molar-refractivity contribution >= 4 is 5.91 Å². The highest BCUT2D eigenvalue weighted by Gasteiger charge is 2.65. The summed E-state index contributed by atoms with van der Waals surface area (Å²) in [7, 11) is 0. The van der Waals surface area contributed by atoms with E-state index in [1.807, 2.05) is 0 Å². The van der Waals surface area contributed by atoms with Crippen molar-refractivity contribution in [2.45, 2.75) is 38.4 Å². The predicted molar refractivity (Wildman–Crippen MR) is 54.0 cm³/mol. The molecule has 1 unspecified atom stereocenters. The normalized spacial score (nSPS) is 25.1. The van der Waals surface area contributed by atoms with Crippen molar-refractivity contribution in [3.8, 4) is 0 Å². The second kappa shape index (κ2) is 4.32. The molecule has 0 spiro atoms. The van der Waals surface area contributed by atoms with Gasteiger partial charge in [-0.05, 0) is 11.8 Å². The van der Waals surface area contributed by atoms with E-state index in [-0.39, 0.29) is 25.6 Å². The number of amides is 1. The summed E-state index contributed by atoms with van der Waals surface area (Å²) >= 11 is 0. The van der Waals surface area contributed by atoms with Gasteiger partial charge in [-0.2, -0.15) is 22.0 Å². The maximum atomic E-state index is 12.9. The number of piperidine rings is 1. The Morgan fingerprint density at radius 1 is 1.28 bits per heavy atom. The van der Waals surface area contributed by atoms with Crippen LogP contribution in [-0.2, 0) is 4.79 Å². The van der Waals surface area contributed by atoms with Crippen LogP contribution in [0.15, 0.2) is 0 Å². The van der Waals surface area contributed by atoms with Gasteiger partial charge in [0.25, 0.3) is 0 Å². The lowest BCUT2D eigenvalue weighted by molar-refractivity contribution is -0.275. The number of likely N-dealkylation sites (tertiary alicyclic amines) is 1. The van der Waals surface area contributed by atoms with Crippen LogP contribution in [0.25, 0.3) is 0 Å². The Balaban J connectivity index is 2.87. The van der Waals surface area contributed by atoms with Crippen LogP contribution < -0.4 is 5.73 Å². The number of carbonyl (C=O) groups excluding carboxylic acids is 1. The second-order valence-electron chi connectivity index (χ2n) is 5.18. The van der Waals surface area contributed by atoms with E-state index in [9.17, 15) is 26.7 Å². The summed E-state index contributed by atoms with van der Waals surface area (Å²) in [5.41, 5.74) is 5.04. The summed E-state index contributed by atoms with van der Waals surface area (Å²) < 4.78 is 62.1. The zero-order chi connectivity index (χ0) is 14.4. The first-order chi connectivity index (χ1) is 7.89. The van der Waals surface area contributed by atoms with Gasteiger partial charge in [0.15, 0.2) is 0 Å². The molecule has 2 N–H and O–H groups in total. The van der Waals surface area contributed by atoms with Crippen LogP contribution in [0.2, 0.25) is 0 Å². The zero-order valence-corrected chi connectivity index (χ0v) is 10.0. The number of hydrogen-bond acceptors (Lipinski definition) is 2. The molecule has 18 heavy (non-hydrogen) atoms. The minimum atomic E-state index is -5.87. The molecule has 0 aromatic carbocycles. The van der Waals surface area contributed by atoms with Crippen LogP contribution in [0.5, 0.6) is 0 Å². The Morgan fingerprint density at radius 2 is 1.78 bits per heavy atom. The highest BCUT2D eigenvalue weighted by molar-refractivity contribution is 5.84. The number of nitrogens with zero attached hydrogens (tertiary/aromatic N) is 1. The molecule has 1 fully saturated rings. The standard InChI is InChI=1S/C10H15F5N2O/c1-8(2)5-17(4-3-6(8)16)7(18)9(11,12)10(13,14)15/h6H,3-5,16H2,1-2H3. The minimum absolute atomic E-state index is 0.185. The fourth-order valence-corrected chi connectivity index (χ4v) is 1.87. The van der Waals surface area contributed by atoms with Gasteiger partial charge in [0.2, 0.25) is 0 Å². The van der Waals surface area contributed by atoms with Crippen molar-refractivity contribution in [2.24, 2.45) is 11.1 Å². The van der Waals surface area contributed by atoms with E-state index >= 15 is 0 Å². The lowest BCUT2D eigenvalue weighted by atomic mass is 9.79. The molecule has 0 radical (unpaired) electrons. The highest BCUT2D eigenvalue weighted by Crippen LogP contribution is 2.38. The van der Waals surface area contributed by atoms with Gasteiger partial charge in [-0.25, -0.2) is 0 Å². The summed E-state index contributed by atoms with van der Waals surface area (Å²) in [5.74, 6) is -7.54. The second-order valence-corrected chi connectivity index (χ2v) is 5.18. The Bertz CT molecular complexity index is 340. The molecule has 1 rings (SSSR count). The summed E-state index contributed by atoms with van der Waals surface area (Å²) in [6, 6.07) is -0.332. The molecule has 0 saturated carbocycles. The lowest BCUT2D eigenvalue weighted by Gasteiger charge is -2.43. The maximum absolute atomic E-state index is 12.9. The molecule has 1 saturated heterocycles. The first kappa shape index (κ1) is 15.1. The molecule has 1 atom stereocenters. The molecule has 1 amide bonds. The molecule has 0 aliphatic carbocycles. The van der Waals surface area contributed by atoms with Crippen LogP contribution in [0, 0.1) is 5.41 Å². The molecule has 0 bridgehead atoms. The van der Waals surface area contributed by atoms with E-state index in [1.54, 1.807) is 13.8 Å². The fourth-order valence-electron chi connectivity index (χ4n) is 1.87. The van der Waals surface area contributed by atoms with Gasteiger partial charge in [-0.3, -0.25) is 4.79 Å². The van der Waals surface area contributed by atoms with Crippen LogP contribution in [0.1, 0.15) is 20.3 Å². The molecule has 8 heteroatoms. The average molecular weight is 274 g/mol. The van der Waals surface area contributed by atoms with E-state index in [0.29, 0.717) is 4.90 Å². The number of alkyl halides is 5. The number of rotatable bonds is 1. The molecule has 0 aromatic rings. The summed E-state index contributed by atoms with van der Waals surface area (Å²) in [5, 5.41) is 0. The van der Waals surface area contributed by atoms with E-state index in [4.69, 9.17) is 5.73 Å². The van der Waals surface area contributed by atoms with Crippen molar-refractivity contribution in [1.29, 1.82) is 0 Å². The summed E-state index contributed by atoms with van der Waals surface area (Å²) in [4.78, 5) is 11.8. The van der Waals surface area contributed by atoms with Crippen molar-refractivity contribution < 1.29 is 26.7 Å².